The minimum absolute atomic E-state index is 0.0786. The van der Waals surface area contributed by atoms with Gasteiger partial charge in [0.1, 0.15) is 17.3 Å². The molecule has 0 unspecified atom stereocenters. The van der Waals surface area contributed by atoms with Gasteiger partial charge in [0.15, 0.2) is 0 Å². The molecule has 1 aliphatic heterocycles. The van der Waals surface area contributed by atoms with Crippen molar-refractivity contribution < 1.29 is 14.3 Å². The van der Waals surface area contributed by atoms with Gasteiger partial charge in [0, 0.05) is 51.9 Å². The lowest BCUT2D eigenvalue weighted by Crippen LogP contribution is -2.41. The second-order valence-electron chi connectivity index (χ2n) is 7.83. The third kappa shape index (κ3) is 3.90. The van der Waals surface area contributed by atoms with Gasteiger partial charge in [-0.15, -0.1) is 0 Å². The summed E-state index contributed by atoms with van der Waals surface area (Å²) in [7, 11) is 6.61. The summed E-state index contributed by atoms with van der Waals surface area (Å²) in [5.41, 5.74) is 2.35. The van der Waals surface area contributed by atoms with Crippen molar-refractivity contribution in [1.82, 2.24) is 29.5 Å². The van der Waals surface area contributed by atoms with Gasteiger partial charge >= 0.3 is 0 Å². The zero-order valence-corrected chi connectivity index (χ0v) is 18.1. The minimum Gasteiger partial charge on any atom is -0.496 e. The molecular formula is C22H26N6O3. The predicted octanol–water partition coefficient (Wildman–Crippen LogP) is 1.74. The molecule has 1 aliphatic rings. The van der Waals surface area contributed by atoms with Crippen molar-refractivity contribution >= 4 is 11.8 Å². The van der Waals surface area contributed by atoms with Crippen molar-refractivity contribution in [1.29, 1.82) is 0 Å². The number of carbonyl (C=O) groups is 2. The monoisotopic (exact) mass is 422 g/mol. The van der Waals surface area contributed by atoms with Crippen molar-refractivity contribution in [3.05, 3.63) is 53.7 Å². The Morgan fingerprint density at radius 1 is 1.26 bits per heavy atom. The van der Waals surface area contributed by atoms with Crippen molar-refractivity contribution in [2.24, 2.45) is 7.05 Å². The molecule has 9 heteroatoms. The van der Waals surface area contributed by atoms with Gasteiger partial charge in [-0.25, -0.2) is 4.98 Å². The Labute approximate surface area is 180 Å². The number of para-hydroxylation sites is 1. The lowest BCUT2D eigenvalue weighted by Gasteiger charge is -2.24. The van der Waals surface area contributed by atoms with E-state index in [-0.39, 0.29) is 23.6 Å². The number of carbonyl (C=O) groups excluding carboxylic acids is 2. The highest BCUT2D eigenvalue weighted by atomic mass is 16.5. The standard InChI is InChI=1S/C22H26N6O3/c1-26(2)22(30)16-12-23-27(3)20(16)21(29)24-14-9-10-28-13-17(25-19(28)11-14)15-7-5-6-8-18(15)31-4/h5-8,12-14H,9-11H2,1-4H3,(H,24,29)/t14-/m1/s1. The van der Waals surface area contributed by atoms with Crippen LogP contribution in [0, 0.1) is 0 Å². The highest BCUT2D eigenvalue weighted by molar-refractivity contribution is 6.06. The number of amides is 2. The number of imidazole rings is 1. The van der Waals surface area contributed by atoms with Crippen LogP contribution in [-0.4, -0.2) is 63.3 Å². The first-order valence-electron chi connectivity index (χ1n) is 10.1. The first-order chi connectivity index (χ1) is 14.9. The third-order valence-electron chi connectivity index (χ3n) is 5.52. The minimum atomic E-state index is -0.305. The Morgan fingerprint density at radius 2 is 2.03 bits per heavy atom. The molecule has 0 bridgehead atoms. The fourth-order valence-electron chi connectivity index (χ4n) is 3.90. The van der Waals surface area contributed by atoms with E-state index < -0.39 is 0 Å². The largest absolute Gasteiger partial charge is 0.496 e. The Kier molecular flexibility index (Phi) is 5.50. The van der Waals surface area contributed by atoms with Crippen molar-refractivity contribution in [2.75, 3.05) is 21.2 Å². The van der Waals surface area contributed by atoms with Gasteiger partial charge in [-0.2, -0.15) is 5.10 Å². The van der Waals surface area contributed by atoms with Crippen LogP contribution >= 0.6 is 0 Å². The van der Waals surface area contributed by atoms with Gasteiger partial charge in [-0.05, 0) is 18.6 Å². The van der Waals surface area contributed by atoms with E-state index in [9.17, 15) is 9.59 Å². The van der Waals surface area contributed by atoms with E-state index in [4.69, 9.17) is 9.72 Å². The maximum atomic E-state index is 13.0. The van der Waals surface area contributed by atoms with Crippen molar-refractivity contribution in [3.63, 3.8) is 0 Å². The Morgan fingerprint density at radius 3 is 2.77 bits per heavy atom. The SMILES string of the molecule is COc1ccccc1-c1cn2c(n1)C[C@H](NC(=O)c1c(C(=O)N(C)C)cnn1C)CC2. The quantitative estimate of drug-likeness (QED) is 0.676. The molecule has 3 aromatic rings. The number of nitrogens with zero attached hydrogens (tertiary/aromatic N) is 5. The number of fused-ring (bicyclic) bond motifs is 1. The molecule has 2 amide bonds. The molecule has 0 saturated carbocycles. The summed E-state index contributed by atoms with van der Waals surface area (Å²) < 4.78 is 9.02. The van der Waals surface area contributed by atoms with E-state index in [1.54, 1.807) is 28.3 Å². The first kappa shape index (κ1) is 20.6. The van der Waals surface area contributed by atoms with E-state index in [0.717, 1.165) is 35.8 Å². The molecule has 3 heterocycles. The first-order valence-corrected chi connectivity index (χ1v) is 10.1. The molecule has 9 nitrogen and oxygen atoms in total. The molecule has 1 N–H and O–H groups in total. The summed E-state index contributed by atoms with van der Waals surface area (Å²) in [6.07, 6.45) is 4.84. The van der Waals surface area contributed by atoms with Crippen LogP contribution in [-0.2, 0) is 20.0 Å². The van der Waals surface area contributed by atoms with Crippen LogP contribution in [0.4, 0.5) is 0 Å². The number of rotatable bonds is 5. The van der Waals surface area contributed by atoms with Gasteiger partial charge in [0.25, 0.3) is 11.8 Å². The van der Waals surface area contributed by atoms with Crippen molar-refractivity contribution in [2.45, 2.75) is 25.4 Å². The molecule has 0 fully saturated rings. The smallest absolute Gasteiger partial charge is 0.270 e. The molecule has 0 aliphatic carbocycles. The number of aryl methyl sites for hydroxylation is 2. The zero-order chi connectivity index (χ0) is 22.1. The van der Waals surface area contributed by atoms with Gasteiger partial charge in [-0.1, -0.05) is 12.1 Å². The summed E-state index contributed by atoms with van der Waals surface area (Å²) in [5, 5.41) is 7.16. The molecule has 0 saturated heterocycles. The van der Waals surface area contributed by atoms with Crippen molar-refractivity contribution in [3.8, 4) is 17.0 Å². The van der Waals surface area contributed by atoms with Gasteiger partial charge in [0.05, 0.1) is 24.6 Å². The number of nitrogens with one attached hydrogen (secondary N) is 1. The number of aromatic nitrogens is 4. The van der Waals surface area contributed by atoms with Crippen LogP contribution in [0.25, 0.3) is 11.3 Å². The lowest BCUT2D eigenvalue weighted by atomic mass is 10.1. The molecule has 0 spiro atoms. The van der Waals surface area contributed by atoms with E-state index in [2.05, 4.69) is 15.0 Å². The zero-order valence-electron chi connectivity index (χ0n) is 18.1. The Hall–Kier alpha value is -3.62. The van der Waals surface area contributed by atoms with E-state index in [0.29, 0.717) is 12.0 Å². The lowest BCUT2D eigenvalue weighted by molar-refractivity contribution is 0.0814. The number of benzene rings is 1. The Bertz CT molecular complexity index is 1130. The molecule has 4 rings (SSSR count). The number of methoxy groups -OCH3 is 1. The molecule has 1 atom stereocenters. The van der Waals surface area contributed by atoms with E-state index in [1.165, 1.54) is 15.8 Å². The average molecular weight is 422 g/mol. The maximum absolute atomic E-state index is 13.0. The Balaban J connectivity index is 1.52. The summed E-state index contributed by atoms with van der Waals surface area (Å²) in [5.74, 6) is 1.13. The maximum Gasteiger partial charge on any atom is 0.270 e. The van der Waals surface area contributed by atoms with Crippen LogP contribution in [0.5, 0.6) is 5.75 Å². The molecule has 1 aromatic carbocycles. The van der Waals surface area contributed by atoms with Gasteiger partial charge in [-0.3, -0.25) is 14.3 Å². The normalized spacial score (nSPS) is 15.3. The fraction of sp³-hybridized carbons (Fsp3) is 0.364. The summed E-state index contributed by atoms with van der Waals surface area (Å²) in [4.78, 5) is 31.6. The molecule has 2 aromatic heterocycles. The molecule has 162 valence electrons. The summed E-state index contributed by atoms with van der Waals surface area (Å²) in [6, 6.07) is 7.71. The van der Waals surface area contributed by atoms with Crippen LogP contribution < -0.4 is 10.1 Å². The van der Waals surface area contributed by atoms with Crippen LogP contribution in [0.1, 0.15) is 33.1 Å². The van der Waals surface area contributed by atoms with E-state index in [1.807, 2.05) is 30.5 Å². The van der Waals surface area contributed by atoms with Crippen LogP contribution in [0.15, 0.2) is 36.7 Å². The summed E-state index contributed by atoms with van der Waals surface area (Å²) >= 11 is 0. The van der Waals surface area contributed by atoms with Gasteiger partial charge < -0.3 is 19.5 Å². The van der Waals surface area contributed by atoms with Crippen LogP contribution in [0.2, 0.25) is 0 Å². The molecular weight excluding hydrogens is 396 g/mol. The van der Waals surface area contributed by atoms with E-state index >= 15 is 0 Å². The van der Waals surface area contributed by atoms with Crippen LogP contribution in [0.3, 0.4) is 0 Å². The average Bonchev–Trinajstić information content (AvgIpc) is 3.36. The number of hydrogen-bond acceptors (Lipinski definition) is 5. The third-order valence-corrected chi connectivity index (χ3v) is 5.52. The summed E-state index contributed by atoms with van der Waals surface area (Å²) in [6.45, 7) is 0.747. The fourth-order valence-corrected chi connectivity index (χ4v) is 3.90. The topological polar surface area (TPSA) is 94.3 Å². The number of hydrogen-bond donors (Lipinski definition) is 1. The van der Waals surface area contributed by atoms with Gasteiger partial charge in [0.2, 0.25) is 0 Å². The highest BCUT2D eigenvalue weighted by Gasteiger charge is 2.27. The highest BCUT2D eigenvalue weighted by Crippen LogP contribution is 2.30. The second-order valence-corrected chi connectivity index (χ2v) is 7.83. The second kappa shape index (κ2) is 8.25. The molecule has 31 heavy (non-hydrogen) atoms. The molecule has 0 radical (unpaired) electrons. The predicted molar refractivity (Wildman–Crippen MR) is 115 cm³/mol. The number of ether oxygens (including phenoxy) is 1.